The molecule has 0 aliphatic heterocycles. The van der Waals surface area contributed by atoms with Crippen molar-refractivity contribution in [1.82, 2.24) is 8.80 Å². The zero-order valence-corrected chi connectivity index (χ0v) is 17.7. The molecule has 0 saturated heterocycles. The van der Waals surface area contributed by atoms with Gasteiger partial charge in [0.05, 0.1) is 33.1 Å². The minimum Gasteiger partial charge on any atom is -0.305 e. The van der Waals surface area contributed by atoms with Crippen LogP contribution < -0.4 is 0 Å². The number of aromatic nitrogens is 2. The molecule has 2 nitrogen and oxygen atoms in total. The molecule has 0 amide bonds. The molecule has 144 valence electrons. The maximum atomic E-state index is 2.51. The fourth-order valence-electron chi connectivity index (χ4n) is 5.88. The monoisotopic (exact) mass is 386 g/mol. The maximum absolute atomic E-state index is 2.51. The second kappa shape index (κ2) is 5.14. The minimum atomic E-state index is 1.29. The van der Waals surface area contributed by atoms with Gasteiger partial charge in [-0.3, -0.25) is 0 Å². The van der Waals surface area contributed by atoms with Crippen LogP contribution in [0.4, 0.5) is 0 Å². The summed E-state index contributed by atoms with van der Waals surface area (Å²) in [5.41, 5.74) is 13.2. The van der Waals surface area contributed by atoms with Crippen LogP contribution in [0.2, 0.25) is 0 Å². The van der Waals surface area contributed by atoms with Gasteiger partial charge in [-0.15, -0.1) is 0 Å². The van der Waals surface area contributed by atoms with E-state index in [0.29, 0.717) is 0 Å². The molecule has 0 aliphatic rings. The SMILES string of the molecule is Cc1cccc2c1c1c(C)ccc3c1n2c1ccc(C)c2c4c(C)cccc4n3c21. The summed E-state index contributed by atoms with van der Waals surface area (Å²) in [5, 5.41) is 5.53. The van der Waals surface area contributed by atoms with E-state index in [9.17, 15) is 0 Å². The smallest absolute Gasteiger partial charge is 0.0786 e. The Bertz CT molecular complexity index is 1690. The van der Waals surface area contributed by atoms with Gasteiger partial charge in [0.1, 0.15) is 0 Å². The van der Waals surface area contributed by atoms with Crippen molar-refractivity contribution in [3.63, 3.8) is 0 Å². The Labute approximate surface area is 174 Å². The van der Waals surface area contributed by atoms with Crippen molar-refractivity contribution < 1.29 is 0 Å². The maximum Gasteiger partial charge on any atom is 0.0786 e. The van der Waals surface area contributed by atoms with Crippen molar-refractivity contribution in [3.8, 4) is 0 Å². The highest BCUT2D eigenvalue weighted by atomic mass is 15.0. The largest absolute Gasteiger partial charge is 0.305 e. The summed E-state index contributed by atoms with van der Waals surface area (Å²) in [6.45, 7) is 8.96. The van der Waals surface area contributed by atoms with Crippen LogP contribution >= 0.6 is 0 Å². The summed E-state index contributed by atoms with van der Waals surface area (Å²) >= 11 is 0. The highest BCUT2D eigenvalue weighted by molar-refractivity contribution is 6.23. The van der Waals surface area contributed by atoms with E-state index in [1.54, 1.807) is 0 Å². The summed E-state index contributed by atoms with van der Waals surface area (Å²) in [6.07, 6.45) is 0. The molecule has 0 spiro atoms. The minimum absolute atomic E-state index is 1.29. The lowest BCUT2D eigenvalue weighted by molar-refractivity contribution is 1.25. The van der Waals surface area contributed by atoms with E-state index in [1.807, 2.05) is 0 Å². The molecule has 7 aromatic rings. The number of hydrogen-bond donors (Lipinski definition) is 0. The summed E-state index contributed by atoms with van der Waals surface area (Å²) in [5.74, 6) is 0. The molecule has 0 bridgehead atoms. The fourth-order valence-corrected chi connectivity index (χ4v) is 5.88. The molecular weight excluding hydrogens is 364 g/mol. The third kappa shape index (κ3) is 1.65. The van der Waals surface area contributed by atoms with Gasteiger partial charge >= 0.3 is 0 Å². The normalized spacial score (nSPS) is 12.7. The van der Waals surface area contributed by atoms with Gasteiger partial charge in [-0.1, -0.05) is 36.4 Å². The van der Waals surface area contributed by atoms with E-state index >= 15 is 0 Å². The van der Waals surface area contributed by atoms with E-state index in [-0.39, 0.29) is 0 Å². The van der Waals surface area contributed by atoms with Gasteiger partial charge in [-0.2, -0.15) is 0 Å². The van der Waals surface area contributed by atoms with Crippen molar-refractivity contribution >= 4 is 54.6 Å². The molecule has 0 fully saturated rings. The highest BCUT2D eigenvalue weighted by Crippen LogP contribution is 2.43. The molecule has 0 saturated carbocycles. The van der Waals surface area contributed by atoms with Crippen molar-refractivity contribution in [3.05, 3.63) is 82.9 Å². The molecule has 0 N–H and O–H groups in total. The Kier molecular flexibility index (Phi) is 2.79. The second-order valence-corrected chi connectivity index (χ2v) is 8.86. The number of aryl methyl sites for hydroxylation is 4. The standard InChI is InChI=1S/C28H22N2/c1-15-7-5-9-19-23(15)25-17(3)11-13-21-27(25)29(19)22-14-12-18(4)26-24-16(2)8-6-10-20(24)30(21)28(22)26/h5-14H,1-4H3. The van der Waals surface area contributed by atoms with Crippen LogP contribution in [0.5, 0.6) is 0 Å². The van der Waals surface area contributed by atoms with Gasteiger partial charge in [0, 0.05) is 21.5 Å². The molecule has 30 heavy (non-hydrogen) atoms. The third-order valence-electron chi connectivity index (χ3n) is 7.14. The average Bonchev–Trinajstić information content (AvgIpc) is 3.27. The molecule has 0 radical (unpaired) electrons. The van der Waals surface area contributed by atoms with Gasteiger partial charge in [0.2, 0.25) is 0 Å². The van der Waals surface area contributed by atoms with Gasteiger partial charge in [0.15, 0.2) is 0 Å². The molecule has 7 rings (SSSR count). The molecular formula is C28H22N2. The highest BCUT2D eigenvalue weighted by Gasteiger charge is 2.23. The first-order valence-corrected chi connectivity index (χ1v) is 10.7. The van der Waals surface area contributed by atoms with Gasteiger partial charge < -0.3 is 8.80 Å². The molecule has 2 heteroatoms. The van der Waals surface area contributed by atoms with Crippen molar-refractivity contribution in [2.45, 2.75) is 27.7 Å². The van der Waals surface area contributed by atoms with Gasteiger partial charge in [-0.25, -0.2) is 0 Å². The topological polar surface area (TPSA) is 8.82 Å². The lowest BCUT2D eigenvalue weighted by atomic mass is 10.0. The van der Waals surface area contributed by atoms with Crippen LogP contribution in [0.15, 0.2) is 60.7 Å². The van der Waals surface area contributed by atoms with E-state index in [1.165, 1.54) is 76.9 Å². The average molecular weight is 386 g/mol. The number of benzene rings is 4. The summed E-state index contributed by atoms with van der Waals surface area (Å²) in [4.78, 5) is 0. The van der Waals surface area contributed by atoms with Crippen LogP contribution in [0.3, 0.4) is 0 Å². The van der Waals surface area contributed by atoms with E-state index in [0.717, 1.165) is 0 Å². The molecule has 3 aromatic heterocycles. The Hall–Kier alpha value is -3.52. The van der Waals surface area contributed by atoms with Crippen LogP contribution in [0, 0.1) is 27.7 Å². The van der Waals surface area contributed by atoms with E-state index in [4.69, 9.17) is 0 Å². The Balaban J connectivity index is 2.00. The summed E-state index contributed by atoms with van der Waals surface area (Å²) in [6, 6.07) is 22.6. The van der Waals surface area contributed by atoms with Crippen LogP contribution in [0.25, 0.3) is 54.6 Å². The third-order valence-corrected chi connectivity index (χ3v) is 7.14. The zero-order valence-electron chi connectivity index (χ0n) is 17.7. The first kappa shape index (κ1) is 16.3. The van der Waals surface area contributed by atoms with Crippen molar-refractivity contribution in [2.24, 2.45) is 0 Å². The molecule has 0 unspecified atom stereocenters. The molecule has 0 atom stereocenters. The van der Waals surface area contributed by atoms with Crippen LogP contribution in [0.1, 0.15) is 22.3 Å². The van der Waals surface area contributed by atoms with Crippen LogP contribution in [-0.4, -0.2) is 8.80 Å². The molecule has 4 aromatic carbocycles. The summed E-state index contributed by atoms with van der Waals surface area (Å²) in [7, 11) is 0. The first-order valence-electron chi connectivity index (χ1n) is 10.7. The van der Waals surface area contributed by atoms with Crippen molar-refractivity contribution in [1.29, 1.82) is 0 Å². The Morgan fingerprint density at radius 1 is 0.400 bits per heavy atom. The predicted octanol–water partition coefficient (Wildman–Crippen LogP) is 7.48. The predicted molar refractivity (Wildman–Crippen MR) is 129 cm³/mol. The van der Waals surface area contributed by atoms with Gasteiger partial charge in [-0.05, 0) is 74.2 Å². The number of fused-ring (bicyclic) bond motifs is 8. The zero-order chi connectivity index (χ0) is 20.3. The summed E-state index contributed by atoms with van der Waals surface area (Å²) < 4.78 is 5.02. The number of rotatable bonds is 0. The van der Waals surface area contributed by atoms with Gasteiger partial charge in [0.25, 0.3) is 0 Å². The fraction of sp³-hybridized carbons (Fsp3) is 0.143. The number of hydrogen-bond acceptors (Lipinski definition) is 0. The second-order valence-electron chi connectivity index (χ2n) is 8.86. The lowest BCUT2D eigenvalue weighted by Gasteiger charge is -2.12. The molecule has 3 heterocycles. The van der Waals surface area contributed by atoms with E-state index < -0.39 is 0 Å². The van der Waals surface area contributed by atoms with E-state index in [2.05, 4.69) is 97.2 Å². The van der Waals surface area contributed by atoms with Crippen molar-refractivity contribution in [2.75, 3.05) is 0 Å². The number of nitrogens with zero attached hydrogens (tertiary/aromatic N) is 2. The quantitative estimate of drug-likeness (QED) is 0.239. The van der Waals surface area contributed by atoms with Crippen LogP contribution in [-0.2, 0) is 0 Å². The Morgan fingerprint density at radius 2 is 0.800 bits per heavy atom. The lowest BCUT2D eigenvalue weighted by Crippen LogP contribution is -1.97. The Morgan fingerprint density at radius 3 is 1.23 bits per heavy atom. The molecule has 0 aliphatic carbocycles. The first-order chi connectivity index (χ1) is 14.6.